The van der Waals surface area contributed by atoms with Gasteiger partial charge in [0.25, 0.3) is 0 Å². The molecule has 1 unspecified atom stereocenters. The van der Waals surface area contributed by atoms with Gasteiger partial charge in [-0.25, -0.2) is 0 Å². The van der Waals surface area contributed by atoms with Crippen molar-refractivity contribution in [2.45, 2.75) is 19.4 Å². The van der Waals surface area contributed by atoms with E-state index in [1.165, 1.54) is 11.5 Å². The Balaban J connectivity index is 2.04. The summed E-state index contributed by atoms with van der Waals surface area (Å²) in [4.78, 5) is 6.34. The molecule has 0 radical (unpaired) electrons. The Labute approximate surface area is 87.0 Å². The van der Waals surface area contributed by atoms with Gasteiger partial charge in [-0.3, -0.25) is 0 Å². The first kappa shape index (κ1) is 9.67. The number of nitrogen functional groups attached to an aromatic ring is 1. The molecule has 0 spiro atoms. The van der Waals surface area contributed by atoms with Crippen LogP contribution in [0.5, 0.6) is 0 Å². The van der Waals surface area contributed by atoms with Gasteiger partial charge in [-0.05, 0) is 6.42 Å². The molecule has 2 rings (SSSR count). The van der Waals surface area contributed by atoms with Crippen LogP contribution in [-0.4, -0.2) is 35.2 Å². The lowest BCUT2D eigenvalue weighted by Crippen LogP contribution is -2.42. The second-order valence-corrected chi connectivity index (χ2v) is 4.01. The van der Waals surface area contributed by atoms with Crippen molar-refractivity contribution in [1.29, 1.82) is 0 Å². The Kier molecular flexibility index (Phi) is 2.83. The van der Waals surface area contributed by atoms with Crippen molar-refractivity contribution in [3.05, 3.63) is 0 Å². The summed E-state index contributed by atoms with van der Waals surface area (Å²) in [7, 11) is 0. The number of morpholine rings is 1. The van der Waals surface area contributed by atoms with Gasteiger partial charge in [0.1, 0.15) is 0 Å². The fourth-order valence-corrected chi connectivity index (χ4v) is 2.13. The molecule has 1 aliphatic heterocycles. The molecule has 1 aromatic heterocycles. The van der Waals surface area contributed by atoms with Crippen molar-refractivity contribution >= 4 is 22.6 Å². The normalized spacial score (nSPS) is 22.6. The summed E-state index contributed by atoms with van der Waals surface area (Å²) in [6.45, 7) is 4.66. The van der Waals surface area contributed by atoms with Crippen molar-refractivity contribution < 1.29 is 4.74 Å². The molecule has 0 saturated carbocycles. The highest BCUT2D eigenvalue weighted by atomic mass is 32.1. The molecule has 2 N–H and O–H groups in total. The summed E-state index contributed by atoms with van der Waals surface area (Å²) in [5.74, 6) is 0.365. The van der Waals surface area contributed by atoms with Gasteiger partial charge >= 0.3 is 0 Å². The maximum Gasteiger partial charge on any atom is 0.233 e. The van der Waals surface area contributed by atoms with Gasteiger partial charge in [0.15, 0.2) is 0 Å². The predicted octanol–water partition coefficient (Wildman–Crippen LogP) is 0.736. The minimum Gasteiger partial charge on any atom is -0.375 e. The molecule has 6 heteroatoms. The molecule has 0 aliphatic carbocycles. The minimum atomic E-state index is 0.314. The lowest BCUT2D eigenvalue weighted by molar-refractivity contribution is 0.0384. The smallest absolute Gasteiger partial charge is 0.233 e. The van der Waals surface area contributed by atoms with E-state index in [4.69, 9.17) is 10.5 Å². The van der Waals surface area contributed by atoms with Crippen LogP contribution in [0.3, 0.4) is 0 Å². The first-order chi connectivity index (χ1) is 6.79. The summed E-state index contributed by atoms with van der Waals surface area (Å²) in [5.41, 5.74) is 5.48. The molecule has 1 aromatic rings. The third kappa shape index (κ3) is 1.96. The second-order valence-electron chi connectivity index (χ2n) is 3.28. The fourth-order valence-electron chi connectivity index (χ4n) is 1.49. The van der Waals surface area contributed by atoms with Gasteiger partial charge in [0, 0.05) is 24.6 Å². The van der Waals surface area contributed by atoms with Crippen LogP contribution in [-0.2, 0) is 4.74 Å². The van der Waals surface area contributed by atoms with Crippen molar-refractivity contribution in [1.82, 2.24) is 9.36 Å². The SMILES string of the molecule is CCC1CN(c2nc(N)ns2)CCO1. The number of nitrogens with zero attached hydrogens (tertiary/aromatic N) is 3. The van der Waals surface area contributed by atoms with E-state index in [1.54, 1.807) is 0 Å². The van der Waals surface area contributed by atoms with E-state index in [-0.39, 0.29) is 0 Å². The van der Waals surface area contributed by atoms with Gasteiger partial charge in [-0.1, -0.05) is 6.92 Å². The molecule has 1 fully saturated rings. The first-order valence-corrected chi connectivity index (χ1v) is 5.52. The average Bonchev–Trinajstić information content (AvgIpc) is 2.65. The van der Waals surface area contributed by atoms with Crippen LogP contribution in [0.2, 0.25) is 0 Å². The van der Waals surface area contributed by atoms with Crippen LogP contribution in [0.1, 0.15) is 13.3 Å². The number of hydrogen-bond donors (Lipinski definition) is 1. The monoisotopic (exact) mass is 214 g/mol. The molecular weight excluding hydrogens is 200 g/mol. The molecule has 1 saturated heterocycles. The Morgan fingerprint density at radius 1 is 1.71 bits per heavy atom. The van der Waals surface area contributed by atoms with E-state index < -0.39 is 0 Å². The fraction of sp³-hybridized carbons (Fsp3) is 0.750. The zero-order valence-corrected chi connectivity index (χ0v) is 8.96. The standard InChI is InChI=1S/C8H14N4OS/c1-2-6-5-12(3-4-13-6)8-10-7(9)11-14-8/h6H,2-5H2,1H3,(H2,9,11). The maximum atomic E-state index is 5.57. The van der Waals surface area contributed by atoms with Crippen LogP contribution in [0, 0.1) is 0 Å². The number of ether oxygens (including phenoxy) is 1. The first-order valence-electron chi connectivity index (χ1n) is 4.75. The largest absolute Gasteiger partial charge is 0.375 e. The van der Waals surface area contributed by atoms with Crippen molar-refractivity contribution in [3.63, 3.8) is 0 Å². The quantitative estimate of drug-likeness (QED) is 0.786. The highest BCUT2D eigenvalue weighted by molar-refractivity contribution is 7.09. The van der Waals surface area contributed by atoms with Gasteiger partial charge < -0.3 is 15.4 Å². The molecule has 0 amide bonds. The summed E-state index contributed by atoms with van der Waals surface area (Å²) >= 11 is 1.35. The molecule has 14 heavy (non-hydrogen) atoms. The molecule has 0 bridgehead atoms. The second kappa shape index (κ2) is 4.10. The third-order valence-corrected chi connectivity index (χ3v) is 3.09. The van der Waals surface area contributed by atoms with Crippen LogP contribution in [0.4, 0.5) is 11.1 Å². The van der Waals surface area contributed by atoms with Gasteiger partial charge in [-0.15, -0.1) is 0 Å². The molecular formula is C8H14N4OS. The van der Waals surface area contributed by atoms with E-state index in [9.17, 15) is 0 Å². The summed E-state index contributed by atoms with van der Waals surface area (Å²) in [6.07, 6.45) is 1.35. The molecule has 78 valence electrons. The maximum absolute atomic E-state index is 5.57. The van der Waals surface area contributed by atoms with E-state index in [0.717, 1.165) is 31.2 Å². The highest BCUT2D eigenvalue weighted by Crippen LogP contribution is 2.21. The summed E-state index contributed by atoms with van der Waals surface area (Å²) in [6, 6.07) is 0. The number of anilines is 2. The van der Waals surface area contributed by atoms with Gasteiger partial charge in [-0.2, -0.15) is 9.36 Å². The molecule has 5 nitrogen and oxygen atoms in total. The average molecular weight is 214 g/mol. The summed E-state index contributed by atoms with van der Waals surface area (Å²) in [5, 5.41) is 0.907. The van der Waals surface area contributed by atoms with Crippen LogP contribution < -0.4 is 10.6 Å². The Hall–Kier alpha value is -0.880. The lowest BCUT2D eigenvalue weighted by Gasteiger charge is -2.31. The van der Waals surface area contributed by atoms with Crippen LogP contribution in [0.25, 0.3) is 0 Å². The molecule has 1 aliphatic rings. The van der Waals surface area contributed by atoms with E-state index in [0.29, 0.717) is 12.1 Å². The van der Waals surface area contributed by atoms with Crippen molar-refractivity contribution in [2.75, 3.05) is 30.3 Å². The molecule has 0 aromatic carbocycles. The number of nitrogens with two attached hydrogens (primary N) is 1. The topological polar surface area (TPSA) is 64.3 Å². The number of rotatable bonds is 2. The zero-order chi connectivity index (χ0) is 9.97. The van der Waals surface area contributed by atoms with E-state index in [2.05, 4.69) is 21.2 Å². The van der Waals surface area contributed by atoms with E-state index >= 15 is 0 Å². The van der Waals surface area contributed by atoms with Crippen molar-refractivity contribution in [2.24, 2.45) is 0 Å². The third-order valence-electron chi connectivity index (χ3n) is 2.30. The zero-order valence-electron chi connectivity index (χ0n) is 8.14. The number of hydrogen-bond acceptors (Lipinski definition) is 6. The predicted molar refractivity (Wildman–Crippen MR) is 56.6 cm³/mol. The minimum absolute atomic E-state index is 0.314. The highest BCUT2D eigenvalue weighted by Gasteiger charge is 2.21. The molecule has 2 heterocycles. The van der Waals surface area contributed by atoms with Crippen molar-refractivity contribution in [3.8, 4) is 0 Å². The Morgan fingerprint density at radius 3 is 3.21 bits per heavy atom. The summed E-state index contributed by atoms with van der Waals surface area (Å²) < 4.78 is 9.54. The lowest BCUT2D eigenvalue weighted by atomic mass is 10.2. The van der Waals surface area contributed by atoms with Gasteiger partial charge in [0.2, 0.25) is 11.1 Å². The van der Waals surface area contributed by atoms with Gasteiger partial charge in [0.05, 0.1) is 12.7 Å². The number of aromatic nitrogens is 2. The van der Waals surface area contributed by atoms with Crippen LogP contribution >= 0.6 is 11.5 Å². The Bertz CT molecular complexity index is 303. The van der Waals surface area contributed by atoms with Crippen LogP contribution in [0.15, 0.2) is 0 Å². The Morgan fingerprint density at radius 2 is 2.57 bits per heavy atom. The molecule has 1 atom stereocenters. The van der Waals surface area contributed by atoms with E-state index in [1.807, 2.05) is 0 Å².